The molecular formula is C18H19FN4O. The first-order valence-corrected chi connectivity index (χ1v) is 7.85. The Balaban J connectivity index is 1.79. The predicted octanol–water partition coefficient (Wildman–Crippen LogP) is 3.64. The first kappa shape index (κ1) is 16.1. The first-order valence-electron chi connectivity index (χ1n) is 7.85. The third kappa shape index (κ3) is 3.13. The normalized spacial score (nSPS) is 12.5. The van der Waals surface area contributed by atoms with Crippen LogP contribution in [0.1, 0.15) is 48.8 Å². The molecule has 6 heteroatoms. The highest BCUT2D eigenvalue weighted by atomic mass is 19.1. The van der Waals surface area contributed by atoms with E-state index in [0.717, 1.165) is 16.6 Å². The maximum absolute atomic E-state index is 13.0. The Kier molecular flexibility index (Phi) is 4.29. The van der Waals surface area contributed by atoms with Gasteiger partial charge in [0.25, 0.3) is 5.91 Å². The molecule has 3 aromatic rings. The Hall–Kier alpha value is -2.76. The summed E-state index contributed by atoms with van der Waals surface area (Å²) in [5.41, 5.74) is 2.07. The minimum Gasteiger partial charge on any atom is -0.345 e. The number of carbonyl (C=O) groups is 1. The molecule has 0 spiro atoms. The van der Waals surface area contributed by atoms with Crippen molar-refractivity contribution in [1.82, 2.24) is 20.1 Å². The lowest BCUT2D eigenvalue weighted by Gasteiger charge is -2.14. The van der Waals surface area contributed by atoms with Gasteiger partial charge in [-0.2, -0.15) is 5.10 Å². The van der Waals surface area contributed by atoms with Crippen LogP contribution in [0.15, 0.2) is 42.7 Å². The Bertz CT molecular complexity index is 870. The number of nitrogens with one attached hydrogen (secondary N) is 1. The van der Waals surface area contributed by atoms with E-state index in [0.29, 0.717) is 5.56 Å². The predicted molar refractivity (Wildman–Crippen MR) is 90.2 cm³/mol. The SMILES string of the molecule is CC(C)n1ncc2cc(C(=O)N[C@@H](C)c3ccc(F)cc3)cnc21. The average molecular weight is 326 g/mol. The van der Waals surface area contributed by atoms with E-state index in [-0.39, 0.29) is 23.8 Å². The van der Waals surface area contributed by atoms with Crippen molar-refractivity contribution in [2.75, 3.05) is 0 Å². The molecule has 0 aliphatic rings. The van der Waals surface area contributed by atoms with E-state index in [1.54, 1.807) is 30.6 Å². The smallest absolute Gasteiger partial charge is 0.253 e. The third-order valence-electron chi connectivity index (χ3n) is 3.90. The summed E-state index contributed by atoms with van der Waals surface area (Å²) >= 11 is 0. The number of rotatable bonds is 4. The molecule has 0 aliphatic carbocycles. The fourth-order valence-corrected chi connectivity index (χ4v) is 2.56. The molecule has 3 rings (SSSR count). The summed E-state index contributed by atoms with van der Waals surface area (Å²) < 4.78 is 14.8. The lowest BCUT2D eigenvalue weighted by molar-refractivity contribution is 0.0939. The summed E-state index contributed by atoms with van der Waals surface area (Å²) in [6, 6.07) is 7.84. The number of amides is 1. The van der Waals surface area contributed by atoms with Gasteiger partial charge in [0.1, 0.15) is 5.82 Å². The molecule has 5 nitrogen and oxygen atoms in total. The van der Waals surface area contributed by atoms with E-state index in [1.807, 2.05) is 25.5 Å². The molecule has 1 N–H and O–H groups in total. The van der Waals surface area contributed by atoms with Gasteiger partial charge in [0.15, 0.2) is 5.65 Å². The monoisotopic (exact) mass is 326 g/mol. The van der Waals surface area contributed by atoms with Crippen LogP contribution in [-0.4, -0.2) is 20.7 Å². The standard InChI is InChI=1S/C18H19FN4O/c1-11(2)23-17-14(10-21-23)8-15(9-20-17)18(24)22-12(3)13-4-6-16(19)7-5-13/h4-12H,1-3H3,(H,22,24)/t12-/m0/s1. The van der Waals surface area contributed by atoms with E-state index in [4.69, 9.17) is 0 Å². The highest BCUT2D eigenvalue weighted by Gasteiger charge is 2.14. The maximum Gasteiger partial charge on any atom is 0.253 e. The van der Waals surface area contributed by atoms with Crippen molar-refractivity contribution in [3.05, 3.63) is 59.7 Å². The summed E-state index contributed by atoms with van der Waals surface area (Å²) in [6.07, 6.45) is 3.26. The molecule has 1 amide bonds. The van der Waals surface area contributed by atoms with Gasteiger partial charge in [-0.1, -0.05) is 12.1 Å². The molecule has 0 radical (unpaired) electrons. The van der Waals surface area contributed by atoms with Gasteiger partial charge in [0, 0.05) is 17.6 Å². The molecule has 0 unspecified atom stereocenters. The van der Waals surface area contributed by atoms with Crippen LogP contribution in [0.2, 0.25) is 0 Å². The Labute approximate surface area is 139 Å². The van der Waals surface area contributed by atoms with Crippen LogP contribution in [-0.2, 0) is 0 Å². The zero-order valence-electron chi connectivity index (χ0n) is 13.8. The molecule has 0 saturated heterocycles. The van der Waals surface area contributed by atoms with Crippen LogP contribution in [0.5, 0.6) is 0 Å². The maximum atomic E-state index is 13.0. The van der Waals surface area contributed by atoms with E-state index in [1.165, 1.54) is 12.1 Å². The van der Waals surface area contributed by atoms with Crippen molar-refractivity contribution in [2.24, 2.45) is 0 Å². The molecule has 24 heavy (non-hydrogen) atoms. The number of hydrogen-bond acceptors (Lipinski definition) is 3. The van der Waals surface area contributed by atoms with Crippen LogP contribution >= 0.6 is 0 Å². The number of benzene rings is 1. The van der Waals surface area contributed by atoms with Crippen molar-refractivity contribution in [3.63, 3.8) is 0 Å². The Morgan fingerprint density at radius 2 is 1.88 bits per heavy atom. The molecule has 1 aromatic carbocycles. The van der Waals surface area contributed by atoms with Gasteiger partial charge in [-0.3, -0.25) is 4.79 Å². The quantitative estimate of drug-likeness (QED) is 0.796. The van der Waals surface area contributed by atoms with Crippen molar-refractivity contribution < 1.29 is 9.18 Å². The number of fused-ring (bicyclic) bond motifs is 1. The summed E-state index contributed by atoms with van der Waals surface area (Å²) in [5, 5.41) is 8.02. The number of nitrogens with zero attached hydrogens (tertiary/aromatic N) is 3. The Morgan fingerprint density at radius 3 is 2.54 bits per heavy atom. The fraction of sp³-hybridized carbons (Fsp3) is 0.278. The van der Waals surface area contributed by atoms with Crippen LogP contribution in [0.3, 0.4) is 0 Å². The van der Waals surface area contributed by atoms with E-state index >= 15 is 0 Å². The van der Waals surface area contributed by atoms with E-state index in [9.17, 15) is 9.18 Å². The average Bonchev–Trinajstić information content (AvgIpc) is 2.98. The number of halogens is 1. The van der Waals surface area contributed by atoms with Gasteiger partial charge in [-0.15, -0.1) is 0 Å². The second-order valence-corrected chi connectivity index (χ2v) is 6.07. The molecule has 0 fully saturated rings. The van der Waals surface area contributed by atoms with Crippen LogP contribution in [0.4, 0.5) is 4.39 Å². The Morgan fingerprint density at radius 1 is 1.17 bits per heavy atom. The fourth-order valence-electron chi connectivity index (χ4n) is 2.56. The number of aromatic nitrogens is 3. The molecule has 2 aromatic heterocycles. The van der Waals surface area contributed by atoms with Gasteiger partial charge in [0.2, 0.25) is 0 Å². The summed E-state index contributed by atoms with van der Waals surface area (Å²) in [6.45, 7) is 5.91. The lowest BCUT2D eigenvalue weighted by atomic mass is 10.1. The first-order chi connectivity index (χ1) is 11.5. The zero-order chi connectivity index (χ0) is 17.3. The molecular weight excluding hydrogens is 307 g/mol. The molecule has 124 valence electrons. The van der Waals surface area contributed by atoms with E-state index in [2.05, 4.69) is 15.4 Å². The second kappa shape index (κ2) is 6.39. The van der Waals surface area contributed by atoms with Gasteiger partial charge < -0.3 is 5.32 Å². The molecule has 2 heterocycles. The molecule has 0 saturated carbocycles. The van der Waals surface area contributed by atoms with Gasteiger partial charge in [0.05, 0.1) is 17.8 Å². The van der Waals surface area contributed by atoms with Crippen LogP contribution < -0.4 is 5.32 Å². The van der Waals surface area contributed by atoms with Crippen molar-refractivity contribution in [1.29, 1.82) is 0 Å². The van der Waals surface area contributed by atoms with E-state index < -0.39 is 0 Å². The number of hydrogen-bond donors (Lipinski definition) is 1. The second-order valence-electron chi connectivity index (χ2n) is 6.07. The van der Waals surface area contributed by atoms with Crippen molar-refractivity contribution in [2.45, 2.75) is 32.9 Å². The highest BCUT2D eigenvalue weighted by molar-refractivity contribution is 5.97. The van der Waals surface area contributed by atoms with Gasteiger partial charge in [-0.25, -0.2) is 14.1 Å². The number of pyridine rings is 1. The summed E-state index contributed by atoms with van der Waals surface area (Å²) in [4.78, 5) is 16.8. The third-order valence-corrected chi connectivity index (χ3v) is 3.90. The largest absolute Gasteiger partial charge is 0.345 e. The topological polar surface area (TPSA) is 59.8 Å². The number of carbonyl (C=O) groups excluding carboxylic acids is 1. The zero-order valence-corrected chi connectivity index (χ0v) is 13.8. The van der Waals surface area contributed by atoms with Crippen molar-refractivity contribution in [3.8, 4) is 0 Å². The molecule has 0 aliphatic heterocycles. The minimum atomic E-state index is -0.297. The van der Waals surface area contributed by atoms with Crippen molar-refractivity contribution >= 4 is 16.9 Å². The molecule has 1 atom stereocenters. The van der Waals surface area contributed by atoms with Gasteiger partial charge in [-0.05, 0) is 44.5 Å². The lowest BCUT2D eigenvalue weighted by Crippen LogP contribution is -2.26. The van der Waals surface area contributed by atoms with Crippen LogP contribution in [0.25, 0.3) is 11.0 Å². The minimum absolute atomic E-state index is 0.202. The van der Waals surface area contributed by atoms with Gasteiger partial charge >= 0.3 is 0 Å². The highest BCUT2D eigenvalue weighted by Crippen LogP contribution is 2.18. The summed E-state index contributed by atoms with van der Waals surface area (Å²) in [5.74, 6) is -0.521. The summed E-state index contributed by atoms with van der Waals surface area (Å²) in [7, 11) is 0. The van der Waals surface area contributed by atoms with Crippen LogP contribution in [0, 0.1) is 5.82 Å². The molecule has 0 bridgehead atoms.